The zero-order valence-corrected chi connectivity index (χ0v) is 9.27. The Labute approximate surface area is 88.0 Å². The second-order valence-electron chi connectivity index (χ2n) is 3.72. The predicted molar refractivity (Wildman–Crippen MR) is 56.2 cm³/mol. The summed E-state index contributed by atoms with van der Waals surface area (Å²) in [7, 11) is 0. The molecule has 0 spiro atoms. The molecule has 1 amide bonds. The number of thioether (sulfide) groups is 1. The number of carbonyl (C=O) groups excluding carboxylic acids is 1. The van der Waals surface area contributed by atoms with Crippen molar-refractivity contribution in [2.24, 2.45) is 5.92 Å². The summed E-state index contributed by atoms with van der Waals surface area (Å²) in [6.45, 7) is 0.952. The summed E-state index contributed by atoms with van der Waals surface area (Å²) in [4.78, 5) is 13.9. The van der Waals surface area contributed by atoms with Crippen molar-refractivity contribution in [2.75, 3.05) is 18.7 Å². The van der Waals surface area contributed by atoms with Gasteiger partial charge in [-0.1, -0.05) is 0 Å². The maximum atomic E-state index is 11.8. The molecule has 2 heterocycles. The van der Waals surface area contributed by atoms with Gasteiger partial charge in [0, 0.05) is 24.4 Å². The van der Waals surface area contributed by atoms with E-state index in [9.17, 15) is 4.79 Å². The van der Waals surface area contributed by atoms with Gasteiger partial charge in [0.05, 0.1) is 5.25 Å². The van der Waals surface area contributed by atoms with Crippen LogP contribution < -0.4 is 0 Å². The van der Waals surface area contributed by atoms with Gasteiger partial charge in [-0.25, -0.2) is 0 Å². The third-order valence-electron chi connectivity index (χ3n) is 3.14. The lowest BCUT2D eigenvalue weighted by Gasteiger charge is -2.18. The number of fused-ring (bicyclic) bond motifs is 1. The van der Waals surface area contributed by atoms with Gasteiger partial charge in [-0.05, 0) is 19.1 Å². The van der Waals surface area contributed by atoms with Gasteiger partial charge in [-0.3, -0.25) is 4.79 Å². The number of halogens is 1. The van der Waals surface area contributed by atoms with Crippen molar-refractivity contribution in [2.45, 2.75) is 24.1 Å². The monoisotopic (exact) mass is 219 g/mol. The molecule has 3 atom stereocenters. The fraction of sp³-hybridized carbons (Fsp3) is 0.889. The minimum atomic E-state index is 0.128. The summed E-state index contributed by atoms with van der Waals surface area (Å²) < 4.78 is 0. The highest BCUT2D eigenvalue weighted by Gasteiger charge is 2.48. The summed E-state index contributed by atoms with van der Waals surface area (Å²) >= 11 is 7.58. The molecule has 0 N–H and O–H groups in total. The minimum absolute atomic E-state index is 0.128. The number of nitrogens with zero attached hydrogens (tertiary/aromatic N) is 1. The van der Waals surface area contributed by atoms with Gasteiger partial charge in [0.25, 0.3) is 0 Å². The molecule has 74 valence electrons. The van der Waals surface area contributed by atoms with E-state index in [0.717, 1.165) is 19.4 Å². The highest BCUT2D eigenvalue weighted by atomic mass is 35.5. The smallest absolute Gasteiger partial charge is 0.236 e. The van der Waals surface area contributed by atoms with E-state index in [1.807, 2.05) is 11.2 Å². The number of rotatable bonds is 2. The average Bonchev–Trinajstić information content (AvgIpc) is 2.67. The lowest BCUT2D eigenvalue weighted by atomic mass is 10.0. The highest BCUT2D eigenvalue weighted by molar-refractivity contribution is 8.00. The minimum Gasteiger partial charge on any atom is -0.338 e. The molecular formula is C9H14ClNOS. The van der Waals surface area contributed by atoms with E-state index in [1.54, 1.807) is 11.8 Å². The molecule has 0 aromatic heterocycles. The SMILES string of the molecule is CSC1C(=O)N2CCCC2C1CCl. The standard InChI is InChI=1S/C9H14ClNOS/c1-13-8-6(5-10)7-3-2-4-11(7)9(8)12/h6-8H,2-5H2,1H3. The van der Waals surface area contributed by atoms with Crippen LogP contribution in [0.25, 0.3) is 0 Å². The van der Waals surface area contributed by atoms with Gasteiger partial charge in [-0.2, -0.15) is 11.8 Å². The molecule has 0 radical (unpaired) electrons. The second kappa shape index (κ2) is 3.70. The molecule has 0 aromatic rings. The van der Waals surface area contributed by atoms with E-state index in [4.69, 9.17) is 11.6 Å². The van der Waals surface area contributed by atoms with Crippen LogP contribution in [0.3, 0.4) is 0 Å². The van der Waals surface area contributed by atoms with Crippen LogP contribution in [0.5, 0.6) is 0 Å². The Kier molecular flexibility index (Phi) is 2.75. The van der Waals surface area contributed by atoms with Crippen molar-refractivity contribution in [1.29, 1.82) is 0 Å². The Morgan fingerprint density at radius 2 is 2.46 bits per heavy atom. The van der Waals surface area contributed by atoms with Crippen molar-refractivity contribution in [3.63, 3.8) is 0 Å². The summed E-state index contributed by atoms with van der Waals surface area (Å²) in [5.41, 5.74) is 0. The normalized spacial score (nSPS) is 38.5. The third-order valence-corrected chi connectivity index (χ3v) is 4.56. The van der Waals surface area contributed by atoms with Crippen LogP contribution in [-0.4, -0.2) is 40.8 Å². The Bertz CT molecular complexity index is 224. The average molecular weight is 220 g/mol. The quantitative estimate of drug-likeness (QED) is 0.658. The third kappa shape index (κ3) is 1.37. The van der Waals surface area contributed by atoms with Crippen molar-refractivity contribution in [1.82, 2.24) is 4.90 Å². The molecule has 13 heavy (non-hydrogen) atoms. The summed E-state index contributed by atoms with van der Waals surface area (Å²) in [6, 6.07) is 0.447. The number of hydrogen-bond donors (Lipinski definition) is 0. The summed E-state index contributed by atoms with van der Waals surface area (Å²) in [6.07, 6.45) is 4.31. The van der Waals surface area contributed by atoms with Crippen molar-refractivity contribution in [3.05, 3.63) is 0 Å². The molecule has 2 saturated heterocycles. The van der Waals surface area contributed by atoms with Crippen LogP contribution >= 0.6 is 23.4 Å². The first-order valence-corrected chi connectivity index (χ1v) is 6.51. The molecule has 0 aliphatic carbocycles. The van der Waals surface area contributed by atoms with Crippen molar-refractivity contribution < 1.29 is 4.79 Å². The Balaban J connectivity index is 2.20. The molecule has 2 aliphatic heterocycles. The Morgan fingerprint density at radius 1 is 1.69 bits per heavy atom. The lowest BCUT2D eigenvalue weighted by molar-refractivity contribution is -0.127. The van der Waals surface area contributed by atoms with Gasteiger partial charge in [0.15, 0.2) is 0 Å². The number of carbonyl (C=O) groups is 1. The molecule has 2 rings (SSSR count). The van der Waals surface area contributed by atoms with E-state index in [-0.39, 0.29) is 5.25 Å². The Morgan fingerprint density at radius 3 is 3.08 bits per heavy atom. The molecule has 0 bridgehead atoms. The van der Waals surface area contributed by atoms with E-state index >= 15 is 0 Å². The van der Waals surface area contributed by atoms with Gasteiger partial charge in [0.1, 0.15) is 0 Å². The molecule has 2 fully saturated rings. The van der Waals surface area contributed by atoms with Crippen molar-refractivity contribution >= 4 is 29.3 Å². The Hall–Kier alpha value is 0.110. The lowest BCUT2D eigenvalue weighted by Crippen LogP contribution is -2.29. The molecule has 0 aromatic carbocycles. The largest absolute Gasteiger partial charge is 0.338 e. The van der Waals surface area contributed by atoms with Gasteiger partial charge in [0.2, 0.25) is 5.91 Å². The van der Waals surface area contributed by atoms with E-state index < -0.39 is 0 Å². The molecule has 3 unspecified atom stereocenters. The maximum Gasteiger partial charge on any atom is 0.236 e. The van der Waals surface area contributed by atoms with Crippen LogP contribution in [-0.2, 0) is 4.79 Å². The zero-order chi connectivity index (χ0) is 9.42. The molecular weight excluding hydrogens is 206 g/mol. The van der Waals surface area contributed by atoms with Crippen LogP contribution in [0.15, 0.2) is 0 Å². The van der Waals surface area contributed by atoms with E-state index in [1.165, 1.54) is 0 Å². The topological polar surface area (TPSA) is 20.3 Å². The molecule has 4 heteroatoms. The number of amides is 1. The second-order valence-corrected chi connectivity index (χ2v) is 5.00. The number of alkyl halides is 1. The van der Waals surface area contributed by atoms with Crippen LogP contribution in [0.2, 0.25) is 0 Å². The predicted octanol–water partition coefficient (Wildman–Crippen LogP) is 1.58. The first kappa shape index (κ1) is 9.66. The summed E-state index contributed by atoms with van der Waals surface area (Å²) in [5.74, 6) is 1.32. The molecule has 0 saturated carbocycles. The fourth-order valence-electron chi connectivity index (χ4n) is 2.52. The van der Waals surface area contributed by atoms with Crippen LogP contribution in [0.1, 0.15) is 12.8 Å². The van der Waals surface area contributed by atoms with Crippen LogP contribution in [0.4, 0.5) is 0 Å². The van der Waals surface area contributed by atoms with Gasteiger partial charge < -0.3 is 4.90 Å². The van der Waals surface area contributed by atoms with E-state index in [0.29, 0.717) is 23.7 Å². The van der Waals surface area contributed by atoms with Gasteiger partial charge >= 0.3 is 0 Å². The summed E-state index contributed by atoms with van der Waals surface area (Å²) in [5, 5.41) is 0.128. The van der Waals surface area contributed by atoms with E-state index in [2.05, 4.69) is 0 Å². The zero-order valence-electron chi connectivity index (χ0n) is 7.70. The first-order valence-electron chi connectivity index (χ1n) is 4.69. The molecule has 2 aliphatic rings. The van der Waals surface area contributed by atoms with Gasteiger partial charge in [-0.15, -0.1) is 11.6 Å². The highest BCUT2D eigenvalue weighted by Crippen LogP contribution is 2.39. The van der Waals surface area contributed by atoms with Crippen LogP contribution in [0, 0.1) is 5.92 Å². The van der Waals surface area contributed by atoms with Crippen molar-refractivity contribution in [3.8, 4) is 0 Å². The first-order chi connectivity index (χ1) is 6.29. The fourth-order valence-corrected chi connectivity index (χ4v) is 3.97. The maximum absolute atomic E-state index is 11.8. The molecule has 2 nitrogen and oxygen atoms in total. The number of hydrogen-bond acceptors (Lipinski definition) is 2.